The van der Waals surface area contributed by atoms with Gasteiger partial charge in [0.05, 0.1) is 6.04 Å². The van der Waals surface area contributed by atoms with E-state index >= 15 is 0 Å². The Labute approximate surface area is 170 Å². The smallest absolute Gasteiger partial charge is 0.242 e. The molecule has 4 N–H and O–H groups in total. The average Bonchev–Trinajstić information content (AvgIpc) is 2.66. The van der Waals surface area contributed by atoms with E-state index in [0.29, 0.717) is 13.0 Å². The largest absolute Gasteiger partial charge is 0.355 e. The van der Waals surface area contributed by atoms with Gasteiger partial charge >= 0.3 is 0 Å². The fourth-order valence-electron chi connectivity index (χ4n) is 2.77. The minimum Gasteiger partial charge on any atom is -0.355 e. The molecule has 1 rings (SSSR count). The Bertz CT molecular complexity index is 680. The SMILES string of the molecule is CCNC(=O)[C@@H](NC(=O)C(C)NC[C@H](Cc1c(F)cccc1F)NC=O)C(C)C. The number of carbonyl (C=O) groups excluding carboxylic acids is 3. The van der Waals surface area contributed by atoms with E-state index in [2.05, 4.69) is 21.3 Å². The summed E-state index contributed by atoms with van der Waals surface area (Å²) in [4.78, 5) is 35.4. The zero-order valence-corrected chi connectivity index (χ0v) is 17.2. The van der Waals surface area contributed by atoms with Gasteiger partial charge in [0.15, 0.2) is 0 Å². The van der Waals surface area contributed by atoms with Crippen molar-refractivity contribution in [2.24, 2.45) is 5.92 Å². The van der Waals surface area contributed by atoms with Crippen LogP contribution in [-0.2, 0) is 20.8 Å². The zero-order chi connectivity index (χ0) is 22.0. The molecule has 0 aromatic heterocycles. The molecule has 1 aromatic carbocycles. The lowest BCUT2D eigenvalue weighted by molar-refractivity contribution is -0.130. The molecule has 0 fully saturated rings. The number of carbonyl (C=O) groups is 3. The molecule has 0 aliphatic rings. The van der Waals surface area contributed by atoms with Crippen molar-refractivity contribution in [3.63, 3.8) is 0 Å². The molecule has 0 bridgehead atoms. The van der Waals surface area contributed by atoms with Crippen LogP contribution in [0.1, 0.15) is 33.3 Å². The van der Waals surface area contributed by atoms with E-state index in [1.54, 1.807) is 13.8 Å². The molecule has 0 aliphatic carbocycles. The first-order chi connectivity index (χ1) is 13.7. The molecule has 1 aromatic rings. The topological polar surface area (TPSA) is 99.3 Å². The normalized spacial score (nSPS) is 14.0. The Kier molecular flexibility index (Phi) is 10.2. The van der Waals surface area contributed by atoms with Crippen LogP contribution in [0, 0.1) is 17.6 Å². The summed E-state index contributed by atoms with van der Waals surface area (Å²) in [5.41, 5.74) is -0.137. The number of hydrogen-bond acceptors (Lipinski definition) is 4. The van der Waals surface area contributed by atoms with E-state index in [1.807, 2.05) is 13.8 Å². The third kappa shape index (κ3) is 7.77. The molecule has 3 atom stereocenters. The molecule has 0 spiro atoms. The highest BCUT2D eigenvalue weighted by atomic mass is 19.1. The molecule has 162 valence electrons. The number of amides is 3. The second-order valence-corrected chi connectivity index (χ2v) is 7.14. The lowest BCUT2D eigenvalue weighted by atomic mass is 10.0. The summed E-state index contributed by atoms with van der Waals surface area (Å²) in [6, 6.07) is 1.56. The summed E-state index contributed by atoms with van der Waals surface area (Å²) in [5, 5.41) is 10.8. The molecule has 3 amide bonds. The van der Waals surface area contributed by atoms with Crippen molar-refractivity contribution in [3.05, 3.63) is 35.4 Å². The van der Waals surface area contributed by atoms with E-state index < -0.39 is 35.7 Å². The summed E-state index contributed by atoms with van der Waals surface area (Å²) in [6.45, 7) is 7.61. The van der Waals surface area contributed by atoms with Crippen LogP contribution in [0.25, 0.3) is 0 Å². The lowest BCUT2D eigenvalue weighted by Gasteiger charge is -2.25. The highest BCUT2D eigenvalue weighted by molar-refractivity contribution is 5.89. The van der Waals surface area contributed by atoms with E-state index in [4.69, 9.17) is 0 Å². The van der Waals surface area contributed by atoms with Crippen LogP contribution in [0.5, 0.6) is 0 Å². The monoisotopic (exact) mass is 412 g/mol. The maximum atomic E-state index is 13.9. The van der Waals surface area contributed by atoms with Crippen LogP contribution >= 0.6 is 0 Å². The molecule has 29 heavy (non-hydrogen) atoms. The van der Waals surface area contributed by atoms with E-state index in [1.165, 1.54) is 6.07 Å². The van der Waals surface area contributed by atoms with Crippen LogP contribution in [0.2, 0.25) is 0 Å². The molecule has 0 saturated heterocycles. The molecule has 0 radical (unpaired) electrons. The van der Waals surface area contributed by atoms with Gasteiger partial charge in [0.2, 0.25) is 18.2 Å². The molecule has 7 nitrogen and oxygen atoms in total. The Balaban J connectivity index is 2.70. The Morgan fingerprint density at radius 2 is 1.72 bits per heavy atom. The van der Waals surface area contributed by atoms with Gasteiger partial charge < -0.3 is 21.3 Å². The number of nitrogens with one attached hydrogen (secondary N) is 4. The predicted octanol–water partition coefficient (Wildman–Crippen LogP) is 0.877. The highest BCUT2D eigenvalue weighted by Crippen LogP contribution is 2.14. The number of rotatable bonds is 12. The van der Waals surface area contributed by atoms with Crippen LogP contribution in [0.4, 0.5) is 8.78 Å². The summed E-state index contributed by atoms with van der Waals surface area (Å²) < 4.78 is 27.7. The standard InChI is InChI=1S/C20H30F2N4O3/c1-5-23-20(29)18(12(2)3)26-19(28)13(4)24-10-14(25-11-27)9-15-16(21)7-6-8-17(15)22/h6-8,11-14,18,24H,5,9-10H2,1-4H3,(H,23,29)(H,25,27)(H,26,28)/t13?,14-,18-/m0/s1. The first-order valence-corrected chi connectivity index (χ1v) is 9.65. The minimum atomic E-state index is -0.699. The van der Waals surface area contributed by atoms with Crippen molar-refractivity contribution in [1.82, 2.24) is 21.3 Å². The van der Waals surface area contributed by atoms with Crippen LogP contribution in [0.15, 0.2) is 18.2 Å². The quantitative estimate of drug-likeness (QED) is 0.383. The molecule has 1 unspecified atom stereocenters. The van der Waals surface area contributed by atoms with E-state index in [-0.39, 0.29) is 30.4 Å². The van der Waals surface area contributed by atoms with Crippen molar-refractivity contribution >= 4 is 18.2 Å². The highest BCUT2D eigenvalue weighted by Gasteiger charge is 2.26. The van der Waals surface area contributed by atoms with Gasteiger partial charge in [-0.15, -0.1) is 0 Å². The van der Waals surface area contributed by atoms with Gasteiger partial charge in [0.1, 0.15) is 17.7 Å². The van der Waals surface area contributed by atoms with Gasteiger partial charge in [0, 0.05) is 24.7 Å². The van der Waals surface area contributed by atoms with Crippen molar-refractivity contribution in [2.45, 2.75) is 52.2 Å². The van der Waals surface area contributed by atoms with Gasteiger partial charge in [-0.25, -0.2) is 8.78 Å². The maximum absolute atomic E-state index is 13.9. The molecular formula is C20H30F2N4O3. The minimum absolute atomic E-state index is 0.0773. The van der Waals surface area contributed by atoms with Gasteiger partial charge in [0.25, 0.3) is 0 Å². The first kappa shape index (κ1) is 24.5. The number of benzene rings is 1. The van der Waals surface area contributed by atoms with Gasteiger partial charge in [-0.3, -0.25) is 14.4 Å². The van der Waals surface area contributed by atoms with Gasteiger partial charge in [-0.05, 0) is 38.3 Å². The number of halogens is 2. The Morgan fingerprint density at radius 1 is 1.10 bits per heavy atom. The molecular weight excluding hydrogens is 382 g/mol. The summed E-state index contributed by atoms with van der Waals surface area (Å²) >= 11 is 0. The fourth-order valence-corrected chi connectivity index (χ4v) is 2.77. The van der Waals surface area contributed by atoms with Gasteiger partial charge in [-0.1, -0.05) is 19.9 Å². The number of likely N-dealkylation sites (N-methyl/N-ethyl adjacent to an activating group) is 1. The van der Waals surface area contributed by atoms with Crippen LogP contribution in [-0.4, -0.2) is 49.4 Å². The lowest BCUT2D eigenvalue weighted by Crippen LogP contribution is -2.55. The Morgan fingerprint density at radius 3 is 2.24 bits per heavy atom. The molecule has 9 heteroatoms. The number of hydrogen-bond donors (Lipinski definition) is 4. The molecule has 0 saturated carbocycles. The van der Waals surface area contributed by atoms with Crippen molar-refractivity contribution in [3.8, 4) is 0 Å². The second-order valence-electron chi connectivity index (χ2n) is 7.14. The molecule has 0 heterocycles. The summed E-state index contributed by atoms with van der Waals surface area (Å²) in [7, 11) is 0. The third-order valence-corrected chi connectivity index (χ3v) is 4.48. The third-order valence-electron chi connectivity index (χ3n) is 4.48. The zero-order valence-electron chi connectivity index (χ0n) is 17.2. The fraction of sp³-hybridized carbons (Fsp3) is 0.550. The average molecular weight is 412 g/mol. The first-order valence-electron chi connectivity index (χ1n) is 9.65. The van der Waals surface area contributed by atoms with E-state index in [9.17, 15) is 23.2 Å². The predicted molar refractivity (Wildman–Crippen MR) is 106 cm³/mol. The van der Waals surface area contributed by atoms with Crippen LogP contribution < -0.4 is 21.3 Å². The van der Waals surface area contributed by atoms with Crippen molar-refractivity contribution in [1.29, 1.82) is 0 Å². The maximum Gasteiger partial charge on any atom is 0.242 e. The summed E-state index contributed by atoms with van der Waals surface area (Å²) in [5.74, 6) is -2.16. The van der Waals surface area contributed by atoms with Crippen molar-refractivity contribution < 1.29 is 23.2 Å². The van der Waals surface area contributed by atoms with E-state index in [0.717, 1.165) is 12.1 Å². The Hall–Kier alpha value is -2.55. The molecule has 0 aliphatic heterocycles. The van der Waals surface area contributed by atoms with Crippen molar-refractivity contribution in [2.75, 3.05) is 13.1 Å². The van der Waals surface area contributed by atoms with Crippen LogP contribution in [0.3, 0.4) is 0 Å². The van der Waals surface area contributed by atoms with Gasteiger partial charge in [-0.2, -0.15) is 0 Å². The second kappa shape index (κ2) is 12.1. The summed E-state index contributed by atoms with van der Waals surface area (Å²) in [6.07, 6.45) is 0.367.